The molecule has 2 rings (SSSR count). The van der Waals surface area contributed by atoms with Crippen molar-refractivity contribution in [2.75, 3.05) is 26.0 Å². The molecule has 108 valence electrons. The van der Waals surface area contributed by atoms with Crippen molar-refractivity contribution in [3.8, 4) is 0 Å². The van der Waals surface area contributed by atoms with E-state index in [2.05, 4.69) is 58.6 Å². The minimum atomic E-state index is 0.259. The Kier molecular flexibility index (Phi) is 5.03. The second-order valence-corrected chi connectivity index (χ2v) is 6.01. The summed E-state index contributed by atoms with van der Waals surface area (Å²) in [5, 5.41) is 4.25. The summed E-state index contributed by atoms with van der Waals surface area (Å²) in [6.45, 7) is 4.99. The van der Waals surface area contributed by atoms with Crippen LogP contribution in [0.2, 0.25) is 0 Å². The smallest absolute Gasteiger partial charge is 0.202 e. The summed E-state index contributed by atoms with van der Waals surface area (Å²) in [6.07, 6.45) is 3.70. The third-order valence-corrected chi connectivity index (χ3v) is 3.78. The molecule has 6 heteroatoms. The van der Waals surface area contributed by atoms with Crippen LogP contribution in [0.5, 0.6) is 0 Å². The summed E-state index contributed by atoms with van der Waals surface area (Å²) >= 11 is 1.42. The van der Waals surface area contributed by atoms with E-state index in [1.165, 1.54) is 17.1 Å². The first kappa shape index (κ1) is 14.9. The van der Waals surface area contributed by atoms with Gasteiger partial charge in [0.25, 0.3) is 0 Å². The van der Waals surface area contributed by atoms with Gasteiger partial charge in [-0.25, -0.2) is 4.98 Å². The predicted octanol–water partition coefficient (Wildman–Crippen LogP) is 2.77. The van der Waals surface area contributed by atoms with E-state index in [0.29, 0.717) is 5.92 Å². The van der Waals surface area contributed by atoms with Crippen molar-refractivity contribution in [3.63, 3.8) is 0 Å². The Labute approximate surface area is 124 Å². The van der Waals surface area contributed by atoms with Crippen molar-refractivity contribution in [1.29, 1.82) is 0 Å². The SMILES string of the molecule is CC(C)c1nsc(NC[C@H](c2cccnc2)N(C)C)n1. The number of hydrogen-bond acceptors (Lipinski definition) is 6. The summed E-state index contributed by atoms with van der Waals surface area (Å²) in [5.41, 5.74) is 1.19. The van der Waals surface area contributed by atoms with Crippen molar-refractivity contribution in [3.05, 3.63) is 35.9 Å². The number of likely N-dealkylation sites (N-methyl/N-ethyl adjacent to an activating group) is 1. The molecule has 0 saturated carbocycles. The van der Waals surface area contributed by atoms with Crippen molar-refractivity contribution < 1.29 is 0 Å². The summed E-state index contributed by atoms with van der Waals surface area (Å²) in [4.78, 5) is 10.9. The van der Waals surface area contributed by atoms with E-state index >= 15 is 0 Å². The third-order valence-electron chi connectivity index (χ3n) is 3.10. The number of rotatable bonds is 6. The molecule has 0 spiro atoms. The van der Waals surface area contributed by atoms with Crippen LogP contribution >= 0.6 is 11.5 Å². The standard InChI is InChI=1S/C14H21N5S/c1-10(2)13-17-14(20-18-13)16-9-12(19(3)4)11-6-5-7-15-8-11/h5-8,10,12H,9H2,1-4H3,(H,16,17,18)/t12-/m1/s1. The van der Waals surface area contributed by atoms with Crippen molar-refractivity contribution in [2.24, 2.45) is 0 Å². The zero-order valence-electron chi connectivity index (χ0n) is 12.4. The second kappa shape index (κ2) is 6.76. The lowest BCUT2D eigenvalue weighted by Crippen LogP contribution is -2.26. The van der Waals surface area contributed by atoms with Gasteiger partial charge in [-0.2, -0.15) is 4.37 Å². The van der Waals surface area contributed by atoms with Crippen LogP contribution in [0, 0.1) is 0 Å². The quantitative estimate of drug-likeness (QED) is 0.887. The number of nitrogens with one attached hydrogen (secondary N) is 1. The molecule has 2 aromatic rings. The van der Waals surface area contributed by atoms with E-state index < -0.39 is 0 Å². The molecular weight excluding hydrogens is 270 g/mol. The van der Waals surface area contributed by atoms with Crippen molar-refractivity contribution in [1.82, 2.24) is 19.2 Å². The molecule has 2 aromatic heterocycles. The Morgan fingerprint density at radius 1 is 1.35 bits per heavy atom. The van der Waals surface area contributed by atoms with Crippen LogP contribution in [0.15, 0.2) is 24.5 Å². The lowest BCUT2D eigenvalue weighted by atomic mass is 10.1. The van der Waals surface area contributed by atoms with Gasteiger partial charge in [-0.15, -0.1) is 0 Å². The largest absolute Gasteiger partial charge is 0.358 e. The van der Waals surface area contributed by atoms with E-state index in [9.17, 15) is 0 Å². The molecule has 1 atom stereocenters. The first-order valence-electron chi connectivity index (χ1n) is 6.71. The Morgan fingerprint density at radius 3 is 2.70 bits per heavy atom. The average Bonchev–Trinajstić information content (AvgIpc) is 2.89. The van der Waals surface area contributed by atoms with Crippen LogP contribution in [0.1, 0.15) is 37.2 Å². The molecular formula is C14H21N5S. The molecule has 1 N–H and O–H groups in total. The molecule has 0 unspecified atom stereocenters. The van der Waals surface area contributed by atoms with Crippen LogP contribution < -0.4 is 5.32 Å². The van der Waals surface area contributed by atoms with E-state index in [4.69, 9.17) is 0 Å². The topological polar surface area (TPSA) is 53.9 Å². The van der Waals surface area contributed by atoms with Crippen LogP contribution in [-0.2, 0) is 0 Å². The molecule has 0 amide bonds. The second-order valence-electron chi connectivity index (χ2n) is 5.26. The zero-order chi connectivity index (χ0) is 14.5. The Bertz CT molecular complexity index is 523. The van der Waals surface area contributed by atoms with Crippen LogP contribution in [-0.4, -0.2) is 39.9 Å². The lowest BCUT2D eigenvalue weighted by Gasteiger charge is -2.24. The maximum Gasteiger partial charge on any atom is 0.202 e. The molecule has 0 aliphatic carbocycles. The van der Waals surface area contributed by atoms with Gasteiger partial charge in [0.05, 0.1) is 6.04 Å². The minimum absolute atomic E-state index is 0.259. The Morgan fingerprint density at radius 2 is 2.15 bits per heavy atom. The average molecular weight is 291 g/mol. The molecule has 0 aliphatic rings. The van der Waals surface area contributed by atoms with Gasteiger partial charge in [0.15, 0.2) is 0 Å². The third kappa shape index (κ3) is 3.74. The van der Waals surface area contributed by atoms with E-state index in [0.717, 1.165) is 17.5 Å². The highest BCUT2D eigenvalue weighted by Crippen LogP contribution is 2.21. The number of anilines is 1. The normalized spacial score (nSPS) is 12.9. The summed E-state index contributed by atoms with van der Waals surface area (Å²) < 4.78 is 4.35. The summed E-state index contributed by atoms with van der Waals surface area (Å²) in [5.74, 6) is 1.27. The number of hydrogen-bond donors (Lipinski definition) is 1. The van der Waals surface area contributed by atoms with Gasteiger partial charge in [-0.1, -0.05) is 19.9 Å². The lowest BCUT2D eigenvalue weighted by molar-refractivity contribution is 0.311. The first-order valence-corrected chi connectivity index (χ1v) is 7.49. The van der Waals surface area contributed by atoms with Gasteiger partial charge in [-0.3, -0.25) is 4.98 Å². The fourth-order valence-electron chi connectivity index (χ4n) is 1.90. The molecule has 0 saturated heterocycles. The fourth-order valence-corrected chi connectivity index (χ4v) is 2.61. The highest BCUT2D eigenvalue weighted by molar-refractivity contribution is 7.09. The van der Waals surface area contributed by atoms with Crippen LogP contribution in [0.4, 0.5) is 5.13 Å². The van der Waals surface area contributed by atoms with Gasteiger partial charge in [-0.05, 0) is 25.7 Å². The van der Waals surface area contributed by atoms with Gasteiger partial charge < -0.3 is 10.2 Å². The van der Waals surface area contributed by atoms with E-state index in [1.54, 1.807) is 6.20 Å². The maximum absolute atomic E-state index is 4.50. The van der Waals surface area contributed by atoms with Gasteiger partial charge in [0.1, 0.15) is 5.82 Å². The Balaban J connectivity index is 2.02. The minimum Gasteiger partial charge on any atom is -0.358 e. The van der Waals surface area contributed by atoms with E-state index in [1.807, 2.05) is 12.3 Å². The Hall–Kier alpha value is -1.53. The molecule has 5 nitrogen and oxygen atoms in total. The van der Waals surface area contributed by atoms with Crippen molar-refractivity contribution >= 4 is 16.7 Å². The van der Waals surface area contributed by atoms with Gasteiger partial charge >= 0.3 is 0 Å². The highest BCUT2D eigenvalue weighted by Gasteiger charge is 2.15. The molecule has 0 aliphatic heterocycles. The summed E-state index contributed by atoms with van der Waals surface area (Å²) in [6, 6.07) is 4.32. The summed E-state index contributed by atoms with van der Waals surface area (Å²) in [7, 11) is 4.14. The van der Waals surface area contributed by atoms with Gasteiger partial charge in [0.2, 0.25) is 5.13 Å². The molecule has 20 heavy (non-hydrogen) atoms. The number of aromatic nitrogens is 3. The zero-order valence-corrected chi connectivity index (χ0v) is 13.2. The predicted molar refractivity (Wildman–Crippen MR) is 83.2 cm³/mol. The van der Waals surface area contributed by atoms with Crippen LogP contribution in [0.3, 0.4) is 0 Å². The molecule has 0 bridgehead atoms. The van der Waals surface area contributed by atoms with E-state index in [-0.39, 0.29) is 6.04 Å². The number of nitrogens with zero attached hydrogens (tertiary/aromatic N) is 4. The number of pyridine rings is 1. The first-order chi connectivity index (χ1) is 9.58. The highest BCUT2D eigenvalue weighted by atomic mass is 32.1. The maximum atomic E-state index is 4.50. The van der Waals surface area contributed by atoms with Crippen molar-refractivity contribution in [2.45, 2.75) is 25.8 Å². The van der Waals surface area contributed by atoms with Gasteiger partial charge in [0, 0.05) is 36.4 Å². The molecule has 0 aromatic carbocycles. The molecule has 2 heterocycles. The monoisotopic (exact) mass is 291 g/mol. The molecule has 0 radical (unpaired) electrons. The fraction of sp³-hybridized carbons (Fsp3) is 0.500. The molecule has 0 fully saturated rings. The van der Waals surface area contributed by atoms with Crippen LogP contribution in [0.25, 0.3) is 0 Å².